The van der Waals surface area contributed by atoms with E-state index in [9.17, 15) is 5.11 Å². The van der Waals surface area contributed by atoms with Gasteiger partial charge >= 0.3 is 0 Å². The number of thiazole rings is 1. The lowest BCUT2D eigenvalue weighted by Crippen LogP contribution is -2.35. The minimum Gasteiger partial charge on any atom is -0.393 e. The Balaban J connectivity index is 1.91. The van der Waals surface area contributed by atoms with Gasteiger partial charge in [0.15, 0.2) is 0 Å². The summed E-state index contributed by atoms with van der Waals surface area (Å²) in [4.78, 5) is 8.24. The van der Waals surface area contributed by atoms with Crippen molar-refractivity contribution < 1.29 is 5.11 Å². The molecule has 0 atom stereocenters. The molecular weight excluding hydrogens is 208 g/mol. The Morgan fingerprint density at radius 2 is 2.07 bits per heavy atom. The molecule has 1 N–H and O–H groups in total. The summed E-state index contributed by atoms with van der Waals surface area (Å²) in [5, 5.41) is 10.6. The predicted octanol–water partition coefficient (Wildman–Crippen LogP) is 1.72. The van der Waals surface area contributed by atoms with Crippen LogP contribution >= 0.6 is 11.3 Å². The third-order valence-electron chi connectivity index (χ3n) is 2.99. The standard InChI is InChI=1S/C11H18N2OS/c1-8-9(2)15-11(12-8)7-13-5-3-10(14)4-6-13/h10,14H,3-7H2,1-2H3. The largest absolute Gasteiger partial charge is 0.393 e. The van der Waals surface area contributed by atoms with Gasteiger partial charge in [-0.1, -0.05) is 0 Å². The lowest BCUT2D eigenvalue weighted by Gasteiger charge is -2.28. The fourth-order valence-corrected chi connectivity index (χ4v) is 2.85. The van der Waals surface area contributed by atoms with Gasteiger partial charge in [-0.15, -0.1) is 11.3 Å². The Morgan fingerprint density at radius 3 is 2.60 bits per heavy atom. The van der Waals surface area contributed by atoms with Crippen LogP contribution in [0.5, 0.6) is 0 Å². The van der Waals surface area contributed by atoms with Crippen molar-refractivity contribution in [2.24, 2.45) is 0 Å². The molecule has 84 valence electrons. The van der Waals surface area contributed by atoms with E-state index >= 15 is 0 Å². The lowest BCUT2D eigenvalue weighted by atomic mass is 10.1. The van der Waals surface area contributed by atoms with Crippen molar-refractivity contribution in [3.63, 3.8) is 0 Å². The number of rotatable bonds is 2. The van der Waals surface area contributed by atoms with Gasteiger partial charge in [0.2, 0.25) is 0 Å². The van der Waals surface area contributed by atoms with Crippen molar-refractivity contribution in [2.75, 3.05) is 13.1 Å². The van der Waals surface area contributed by atoms with E-state index in [1.54, 1.807) is 11.3 Å². The van der Waals surface area contributed by atoms with Crippen molar-refractivity contribution >= 4 is 11.3 Å². The van der Waals surface area contributed by atoms with Gasteiger partial charge in [0, 0.05) is 18.0 Å². The van der Waals surface area contributed by atoms with Crippen LogP contribution in [0.4, 0.5) is 0 Å². The van der Waals surface area contributed by atoms with Crippen LogP contribution in [0.3, 0.4) is 0 Å². The second-order valence-electron chi connectivity index (χ2n) is 4.26. The van der Waals surface area contributed by atoms with Gasteiger partial charge < -0.3 is 5.11 Å². The van der Waals surface area contributed by atoms with Crippen LogP contribution in [0.25, 0.3) is 0 Å². The van der Waals surface area contributed by atoms with Crippen molar-refractivity contribution in [3.05, 3.63) is 15.6 Å². The van der Waals surface area contributed by atoms with E-state index in [4.69, 9.17) is 0 Å². The molecule has 1 aliphatic heterocycles. The highest BCUT2D eigenvalue weighted by Crippen LogP contribution is 2.20. The normalized spacial score (nSPS) is 19.7. The first kappa shape index (κ1) is 11.0. The van der Waals surface area contributed by atoms with E-state index in [2.05, 4.69) is 23.7 Å². The SMILES string of the molecule is Cc1nc(CN2CCC(O)CC2)sc1C. The van der Waals surface area contributed by atoms with Crippen LogP contribution in [0, 0.1) is 13.8 Å². The molecule has 3 nitrogen and oxygen atoms in total. The summed E-state index contributed by atoms with van der Waals surface area (Å²) < 4.78 is 0. The van der Waals surface area contributed by atoms with Gasteiger partial charge in [0.05, 0.1) is 18.3 Å². The van der Waals surface area contributed by atoms with Gasteiger partial charge in [-0.3, -0.25) is 4.90 Å². The molecule has 0 unspecified atom stereocenters. The summed E-state index contributed by atoms with van der Waals surface area (Å²) in [5.41, 5.74) is 1.16. The molecule has 2 heterocycles. The van der Waals surface area contributed by atoms with E-state index in [-0.39, 0.29) is 6.10 Å². The molecule has 4 heteroatoms. The predicted molar refractivity (Wildman–Crippen MR) is 62.1 cm³/mol. The van der Waals surface area contributed by atoms with Crippen LogP contribution in [-0.2, 0) is 6.54 Å². The van der Waals surface area contributed by atoms with Gasteiger partial charge in [-0.05, 0) is 26.7 Å². The Morgan fingerprint density at radius 1 is 1.40 bits per heavy atom. The maximum absolute atomic E-state index is 9.40. The van der Waals surface area contributed by atoms with Gasteiger partial charge in [0.25, 0.3) is 0 Å². The molecule has 1 fully saturated rings. The monoisotopic (exact) mass is 226 g/mol. The van der Waals surface area contributed by atoms with Crippen molar-refractivity contribution in [2.45, 2.75) is 39.3 Å². The van der Waals surface area contributed by atoms with Crippen molar-refractivity contribution in [1.82, 2.24) is 9.88 Å². The summed E-state index contributed by atoms with van der Waals surface area (Å²) in [6.07, 6.45) is 1.73. The molecule has 0 amide bonds. The molecule has 1 aromatic rings. The Bertz CT molecular complexity index is 310. The molecule has 0 saturated carbocycles. The second-order valence-corrected chi connectivity index (χ2v) is 5.54. The average Bonchev–Trinajstić information content (AvgIpc) is 2.50. The zero-order valence-corrected chi connectivity index (χ0v) is 10.2. The molecule has 0 bridgehead atoms. The van der Waals surface area contributed by atoms with Gasteiger partial charge in [-0.2, -0.15) is 0 Å². The molecule has 0 aliphatic carbocycles. The minimum absolute atomic E-state index is 0.0824. The number of aliphatic hydroxyl groups excluding tert-OH is 1. The van der Waals surface area contributed by atoms with Gasteiger partial charge in [-0.25, -0.2) is 4.98 Å². The van der Waals surface area contributed by atoms with E-state index in [1.165, 1.54) is 9.88 Å². The third-order valence-corrected chi connectivity index (χ3v) is 4.05. The minimum atomic E-state index is -0.0824. The summed E-state index contributed by atoms with van der Waals surface area (Å²) in [6.45, 7) is 7.13. The van der Waals surface area contributed by atoms with Gasteiger partial charge in [0.1, 0.15) is 5.01 Å². The molecule has 1 aromatic heterocycles. The molecule has 15 heavy (non-hydrogen) atoms. The average molecular weight is 226 g/mol. The number of hydrogen-bond acceptors (Lipinski definition) is 4. The van der Waals surface area contributed by atoms with E-state index < -0.39 is 0 Å². The molecule has 1 saturated heterocycles. The Labute approximate surface area is 94.8 Å². The maximum Gasteiger partial charge on any atom is 0.107 e. The number of aromatic nitrogens is 1. The molecule has 0 spiro atoms. The maximum atomic E-state index is 9.40. The molecule has 1 aliphatic rings. The number of aliphatic hydroxyl groups is 1. The third kappa shape index (κ3) is 2.77. The molecular formula is C11H18N2OS. The fourth-order valence-electron chi connectivity index (χ4n) is 1.88. The van der Waals surface area contributed by atoms with Crippen molar-refractivity contribution in [3.8, 4) is 0 Å². The highest BCUT2D eigenvalue weighted by molar-refractivity contribution is 7.11. The summed E-state index contributed by atoms with van der Waals surface area (Å²) >= 11 is 1.79. The smallest absolute Gasteiger partial charge is 0.107 e. The number of hydrogen-bond donors (Lipinski definition) is 1. The quantitative estimate of drug-likeness (QED) is 0.834. The first-order valence-electron chi connectivity index (χ1n) is 5.48. The van der Waals surface area contributed by atoms with Crippen LogP contribution in [0.15, 0.2) is 0 Å². The number of likely N-dealkylation sites (tertiary alicyclic amines) is 1. The van der Waals surface area contributed by atoms with E-state index in [1.807, 2.05) is 0 Å². The fraction of sp³-hybridized carbons (Fsp3) is 0.727. The second kappa shape index (κ2) is 4.60. The van der Waals surface area contributed by atoms with Crippen LogP contribution in [0.1, 0.15) is 28.4 Å². The van der Waals surface area contributed by atoms with Crippen LogP contribution < -0.4 is 0 Å². The number of piperidine rings is 1. The Hall–Kier alpha value is -0.450. The van der Waals surface area contributed by atoms with E-state index in [0.29, 0.717) is 0 Å². The highest BCUT2D eigenvalue weighted by atomic mass is 32.1. The van der Waals surface area contributed by atoms with Crippen LogP contribution in [0.2, 0.25) is 0 Å². The molecule has 0 radical (unpaired) electrons. The first-order chi connectivity index (χ1) is 7.15. The summed E-state index contributed by atoms with van der Waals surface area (Å²) in [6, 6.07) is 0. The number of nitrogens with zero attached hydrogens (tertiary/aromatic N) is 2. The Kier molecular flexibility index (Phi) is 3.38. The first-order valence-corrected chi connectivity index (χ1v) is 6.30. The topological polar surface area (TPSA) is 36.4 Å². The molecule has 0 aromatic carbocycles. The summed E-state index contributed by atoms with van der Waals surface area (Å²) in [5.74, 6) is 0. The summed E-state index contributed by atoms with van der Waals surface area (Å²) in [7, 11) is 0. The van der Waals surface area contributed by atoms with Crippen molar-refractivity contribution in [1.29, 1.82) is 0 Å². The zero-order chi connectivity index (χ0) is 10.8. The zero-order valence-electron chi connectivity index (χ0n) is 9.36. The molecule has 2 rings (SSSR count). The highest BCUT2D eigenvalue weighted by Gasteiger charge is 2.18. The number of aryl methyl sites for hydroxylation is 2. The van der Waals surface area contributed by atoms with Crippen LogP contribution in [-0.4, -0.2) is 34.2 Å². The van der Waals surface area contributed by atoms with E-state index in [0.717, 1.165) is 38.2 Å². The lowest BCUT2D eigenvalue weighted by molar-refractivity contribution is 0.0792.